The number of pyridine rings is 2. The molecular formula is C39H34N3NaO5. The fourth-order valence-corrected chi connectivity index (χ4v) is 5.59. The predicted molar refractivity (Wildman–Crippen MR) is 180 cm³/mol. The molecule has 8 nitrogen and oxygen atoms in total. The molecule has 9 heteroatoms. The number of carboxylic acids is 1. The first-order valence-corrected chi connectivity index (χ1v) is 15.4. The molecule has 48 heavy (non-hydrogen) atoms. The number of nitrogens with zero attached hydrogens (tertiary/aromatic N) is 3. The van der Waals surface area contributed by atoms with Gasteiger partial charge in [-0.05, 0) is 59.7 Å². The summed E-state index contributed by atoms with van der Waals surface area (Å²) in [5.74, 6) is -0.0554. The van der Waals surface area contributed by atoms with E-state index in [2.05, 4.69) is 5.16 Å². The molecule has 0 radical (unpaired) electrons. The van der Waals surface area contributed by atoms with Gasteiger partial charge in [-0.1, -0.05) is 91.8 Å². The average molecular weight is 648 g/mol. The Morgan fingerprint density at radius 3 is 1.62 bits per heavy atom. The second-order valence-electron chi connectivity index (χ2n) is 11.8. The number of para-hydroxylation sites is 2. The molecule has 0 N–H and O–H groups in total. The smallest absolute Gasteiger partial charge is 0.546 e. The van der Waals surface area contributed by atoms with Gasteiger partial charge in [-0.3, -0.25) is 0 Å². The van der Waals surface area contributed by atoms with Gasteiger partial charge in [-0.2, -0.15) is 0 Å². The van der Waals surface area contributed by atoms with Crippen molar-refractivity contribution in [2.45, 2.75) is 33.0 Å². The molecule has 0 fully saturated rings. The predicted octanol–water partition coefficient (Wildman–Crippen LogP) is 3.86. The summed E-state index contributed by atoms with van der Waals surface area (Å²) in [5, 5.41) is 17.0. The quantitative estimate of drug-likeness (QED) is 0.107. The Kier molecular flexibility index (Phi) is 11.4. The summed E-state index contributed by atoms with van der Waals surface area (Å²) in [6.45, 7) is 4.12. The molecule has 0 amide bonds. The molecule has 0 aliphatic rings. The Morgan fingerprint density at radius 2 is 1.17 bits per heavy atom. The molecule has 0 atom stereocenters. The molecule has 0 unspecified atom stereocenters. The van der Waals surface area contributed by atoms with E-state index in [9.17, 15) is 9.90 Å². The van der Waals surface area contributed by atoms with Crippen LogP contribution < -0.4 is 44.1 Å². The van der Waals surface area contributed by atoms with Crippen molar-refractivity contribution in [3.63, 3.8) is 0 Å². The standard InChI is InChI=1S/C39H35N3O5.Na/c1-39(2,26-40-47-25-37(43)44)38(29-13-19-33(20-14-29)45-23-31-17-11-27-7-3-5-9-35(27)41-31)30-15-21-34(22-16-30)46-24-32-18-12-28-8-4-6-10-36(28)42-32;/h3-22,26,38H,23-25H2,1-2H3,(H,43,44);/q;+1/p-1/b40-26-;. The molecule has 0 bridgehead atoms. The molecule has 4 aromatic carbocycles. The molecule has 0 aliphatic heterocycles. The van der Waals surface area contributed by atoms with E-state index >= 15 is 0 Å². The molecule has 6 rings (SSSR count). The van der Waals surface area contributed by atoms with Crippen LogP contribution in [-0.4, -0.2) is 28.8 Å². The molecule has 0 spiro atoms. The van der Waals surface area contributed by atoms with Gasteiger partial charge in [0.2, 0.25) is 0 Å². The van der Waals surface area contributed by atoms with E-state index in [1.807, 2.05) is 135 Å². The van der Waals surface area contributed by atoms with Crippen molar-refractivity contribution in [3.8, 4) is 11.5 Å². The minimum atomic E-state index is -1.33. The summed E-state index contributed by atoms with van der Waals surface area (Å²) >= 11 is 0. The van der Waals surface area contributed by atoms with E-state index in [1.165, 1.54) is 0 Å². The Morgan fingerprint density at radius 1 is 0.708 bits per heavy atom. The molecule has 2 heterocycles. The van der Waals surface area contributed by atoms with Crippen LogP contribution in [0.25, 0.3) is 21.8 Å². The number of aromatic nitrogens is 2. The van der Waals surface area contributed by atoms with Crippen molar-refractivity contribution < 1.29 is 53.8 Å². The van der Waals surface area contributed by atoms with E-state index in [4.69, 9.17) is 24.3 Å². The third-order valence-electron chi connectivity index (χ3n) is 7.90. The van der Waals surface area contributed by atoms with Crippen molar-refractivity contribution in [2.75, 3.05) is 6.61 Å². The van der Waals surface area contributed by atoms with Gasteiger partial charge in [0.25, 0.3) is 0 Å². The summed E-state index contributed by atoms with van der Waals surface area (Å²) in [5.41, 5.74) is 5.03. The van der Waals surface area contributed by atoms with Crippen LogP contribution in [-0.2, 0) is 22.8 Å². The Balaban J connectivity index is 0.00000451. The van der Waals surface area contributed by atoms with E-state index < -0.39 is 18.0 Å². The summed E-state index contributed by atoms with van der Waals surface area (Å²) in [6.07, 6.45) is 1.63. The van der Waals surface area contributed by atoms with Crippen molar-refractivity contribution in [3.05, 3.63) is 144 Å². The van der Waals surface area contributed by atoms with Gasteiger partial charge in [0, 0.05) is 22.1 Å². The van der Waals surface area contributed by atoms with Crippen molar-refractivity contribution >= 4 is 34.0 Å². The van der Waals surface area contributed by atoms with Gasteiger partial charge < -0.3 is 24.2 Å². The van der Waals surface area contributed by atoms with Gasteiger partial charge in [-0.15, -0.1) is 0 Å². The minimum absolute atomic E-state index is 0. The number of rotatable bonds is 13. The maximum atomic E-state index is 10.8. The summed E-state index contributed by atoms with van der Waals surface area (Å²) < 4.78 is 12.2. The van der Waals surface area contributed by atoms with Gasteiger partial charge in [0.05, 0.1) is 34.6 Å². The Labute approximate surface area is 301 Å². The SMILES string of the molecule is CC(C)(/C=N\OCC(=O)[O-])C(c1ccc(OCc2ccc3ccccc3n2)cc1)c1ccc(OCc2ccc3ccccc3n2)cc1.[Na+]. The fraction of sp³-hybridized carbons (Fsp3) is 0.179. The van der Waals surface area contributed by atoms with Crippen LogP contribution in [0.4, 0.5) is 0 Å². The maximum Gasteiger partial charge on any atom is 1.00 e. The number of hydrogen-bond acceptors (Lipinski definition) is 8. The van der Waals surface area contributed by atoms with E-state index in [0.717, 1.165) is 55.8 Å². The number of ether oxygens (including phenoxy) is 2. The largest absolute Gasteiger partial charge is 1.00 e. The van der Waals surface area contributed by atoms with Gasteiger partial charge in [0.1, 0.15) is 24.7 Å². The van der Waals surface area contributed by atoms with Crippen molar-refractivity contribution in [2.24, 2.45) is 10.6 Å². The van der Waals surface area contributed by atoms with Crippen molar-refractivity contribution in [1.29, 1.82) is 0 Å². The number of fused-ring (bicyclic) bond motifs is 2. The zero-order chi connectivity index (χ0) is 32.6. The summed E-state index contributed by atoms with van der Waals surface area (Å²) in [6, 6.07) is 39.9. The topological polar surface area (TPSA) is 106 Å². The molecular weight excluding hydrogens is 613 g/mol. The van der Waals surface area contributed by atoms with E-state index in [1.54, 1.807) is 6.21 Å². The molecule has 2 aromatic heterocycles. The zero-order valence-electron chi connectivity index (χ0n) is 27.2. The number of aliphatic carboxylic acids is 1. The van der Waals surface area contributed by atoms with Gasteiger partial charge in [0.15, 0.2) is 6.61 Å². The molecule has 0 saturated carbocycles. The first-order valence-electron chi connectivity index (χ1n) is 15.4. The molecule has 236 valence electrons. The summed E-state index contributed by atoms with van der Waals surface area (Å²) in [4.78, 5) is 25.2. The number of oxime groups is 1. The maximum absolute atomic E-state index is 10.8. The first-order chi connectivity index (χ1) is 22.8. The first kappa shape index (κ1) is 34.6. The third-order valence-corrected chi connectivity index (χ3v) is 7.90. The van der Waals surface area contributed by atoms with E-state index in [-0.39, 0.29) is 35.5 Å². The Bertz CT molecular complexity index is 1890. The number of benzene rings is 4. The number of hydrogen-bond donors (Lipinski definition) is 0. The van der Waals surface area contributed by atoms with Crippen LogP contribution in [0.1, 0.15) is 42.3 Å². The number of carbonyl (C=O) groups is 1. The average Bonchev–Trinajstić information content (AvgIpc) is 3.09. The molecule has 6 aromatic rings. The van der Waals surface area contributed by atoms with Crippen LogP contribution in [0.5, 0.6) is 11.5 Å². The third kappa shape index (κ3) is 8.77. The van der Waals surface area contributed by atoms with Crippen LogP contribution in [0.3, 0.4) is 0 Å². The van der Waals surface area contributed by atoms with Gasteiger partial charge in [-0.25, -0.2) is 9.97 Å². The van der Waals surface area contributed by atoms with Crippen molar-refractivity contribution in [1.82, 2.24) is 9.97 Å². The summed E-state index contributed by atoms with van der Waals surface area (Å²) in [7, 11) is 0. The molecule has 0 saturated heterocycles. The second kappa shape index (κ2) is 15.9. The van der Waals surface area contributed by atoms with Gasteiger partial charge >= 0.3 is 29.6 Å². The zero-order valence-corrected chi connectivity index (χ0v) is 29.2. The van der Waals surface area contributed by atoms with E-state index in [0.29, 0.717) is 13.2 Å². The van der Waals surface area contributed by atoms with Crippen LogP contribution in [0.15, 0.2) is 126 Å². The molecule has 0 aliphatic carbocycles. The number of carbonyl (C=O) groups excluding carboxylic acids is 1. The number of carboxylic acid groups (broad SMARTS) is 1. The normalized spacial score (nSPS) is 11.5. The monoisotopic (exact) mass is 647 g/mol. The van der Waals surface area contributed by atoms with Crippen LogP contribution in [0.2, 0.25) is 0 Å². The fourth-order valence-electron chi connectivity index (χ4n) is 5.59. The second-order valence-corrected chi connectivity index (χ2v) is 11.8. The van der Waals surface area contributed by atoms with Crippen LogP contribution in [0, 0.1) is 5.41 Å². The Hall–Kier alpha value is -4.76. The minimum Gasteiger partial charge on any atom is -0.546 e. The van der Waals surface area contributed by atoms with Crippen LogP contribution >= 0.6 is 0 Å².